The Balaban J connectivity index is 2.08. The van der Waals surface area contributed by atoms with E-state index in [4.69, 9.17) is 16.3 Å². The highest BCUT2D eigenvalue weighted by molar-refractivity contribution is 6.31. The number of aryl methyl sites for hydroxylation is 1. The maximum Gasteiger partial charge on any atom is 0.123 e. The van der Waals surface area contributed by atoms with E-state index in [-0.39, 0.29) is 12.4 Å². The smallest absolute Gasteiger partial charge is 0.123 e. The molecule has 18 heavy (non-hydrogen) atoms. The quantitative estimate of drug-likeness (QED) is 0.783. The standard InChI is InChI=1S/C15H14ClFO/c1-2-11-4-3-5-14(8-11)18-10-12-9-13(17)6-7-15(12)16/h3-9H,2,10H2,1H3. The average Bonchev–Trinajstić information content (AvgIpc) is 2.40. The van der Waals surface area contributed by atoms with Gasteiger partial charge in [0.1, 0.15) is 18.2 Å². The van der Waals surface area contributed by atoms with Gasteiger partial charge in [-0.05, 0) is 42.3 Å². The molecule has 0 aliphatic heterocycles. The molecule has 0 bridgehead atoms. The van der Waals surface area contributed by atoms with Gasteiger partial charge in [-0.15, -0.1) is 0 Å². The Morgan fingerprint density at radius 3 is 2.78 bits per heavy atom. The van der Waals surface area contributed by atoms with Crippen molar-refractivity contribution in [3.8, 4) is 5.75 Å². The van der Waals surface area contributed by atoms with Crippen molar-refractivity contribution in [2.24, 2.45) is 0 Å². The predicted molar refractivity (Wildman–Crippen MR) is 71.6 cm³/mol. The van der Waals surface area contributed by atoms with Crippen LogP contribution in [0.3, 0.4) is 0 Å². The molecule has 2 aromatic rings. The summed E-state index contributed by atoms with van der Waals surface area (Å²) in [5.41, 5.74) is 1.86. The van der Waals surface area contributed by atoms with Crippen LogP contribution in [0.25, 0.3) is 0 Å². The molecule has 2 rings (SSSR count). The third-order valence-electron chi connectivity index (χ3n) is 2.71. The molecule has 0 heterocycles. The summed E-state index contributed by atoms with van der Waals surface area (Å²) in [5.74, 6) is 0.468. The molecular formula is C15H14ClFO. The van der Waals surface area contributed by atoms with Crippen LogP contribution in [0.15, 0.2) is 42.5 Å². The third kappa shape index (κ3) is 3.23. The Hall–Kier alpha value is -1.54. The molecule has 0 radical (unpaired) electrons. The zero-order valence-corrected chi connectivity index (χ0v) is 10.9. The predicted octanol–water partition coefficient (Wildman–Crippen LogP) is 4.62. The molecule has 0 spiro atoms. The van der Waals surface area contributed by atoms with Gasteiger partial charge in [-0.3, -0.25) is 0 Å². The molecule has 94 valence electrons. The molecule has 0 N–H and O–H groups in total. The molecule has 0 amide bonds. The van der Waals surface area contributed by atoms with Crippen LogP contribution in [-0.2, 0) is 13.0 Å². The Morgan fingerprint density at radius 1 is 1.17 bits per heavy atom. The van der Waals surface area contributed by atoms with Crippen molar-refractivity contribution in [2.45, 2.75) is 20.0 Å². The van der Waals surface area contributed by atoms with Gasteiger partial charge in [0.15, 0.2) is 0 Å². The number of ether oxygens (including phenoxy) is 1. The lowest BCUT2D eigenvalue weighted by molar-refractivity contribution is 0.305. The van der Waals surface area contributed by atoms with Crippen molar-refractivity contribution < 1.29 is 9.13 Å². The SMILES string of the molecule is CCc1cccc(OCc2cc(F)ccc2Cl)c1. The molecule has 0 fully saturated rings. The highest BCUT2D eigenvalue weighted by atomic mass is 35.5. The largest absolute Gasteiger partial charge is 0.489 e. The summed E-state index contributed by atoms with van der Waals surface area (Å²) < 4.78 is 18.7. The lowest BCUT2D eigenvalue weighted by Crippen LogP contribution is -1.97. The maximum atomic E-state index is 13.1. The molecule has 2 aromatic carbocycles. The monoisotopic (exact) mass is 264 g/mol. The number of hydrogen-bond acceptors (Lipinski definition) is 1. The number of benzene rings is 2. The van der Waals surface area contributed by atoms with Crippen LogP contribution in [0.5, 0.6) is 5.75 Å². The fraction of sp³-hybridized carbons (Fsp3) is 0.200. The summed E-state index contributed by atoms with van der Waals surface area (Å²) in [6, 6.07) is 12.1. The molecule has 3 heteroatoms. The van der Waals surface area contributed by atoms with Crippen LogP contribution in [0, 0.1) is 5.82 Å². The lowest BCUT2D eigenvalue weighted by atomic mass is 10.2. The number of rotatable bonds is 4. The van der Waals surface area contributed by atoms with Crippen LogP contribution >= 0.6 is 11.6 Å². The summed E-state index contributed by atoms with van der Waals surface area (Å²) >= 11 is 5.97. The molecule has 0 atom stereocenters. The third-order valence-corrected chi connectivity index (χ3v) is 3.08. The molecule has 0 aliphatic rings. The van der Waals surface area contributed by atoms with E-state index in [0.29, 0.717) is 10.6 Å². The normalized spacial score (nSPS) is 10.4. The topological polar surface area (TPSA) is 9.23 Å². The van der Waals surface area contributed by atoms with Gasteiger partial charge in [-0.1, -0.05) is 30.7 Å². The van der Waals surface area contributed by atoms with Crippen LogP contribution in [0.1, 0.15) is 18.1 Å². The van der Waals surface area contributed by atoms with E-state index in [0.717, 1.165) is 12.2 Å². The van der Waals surface area contributed by atoms with E-state index in [1.165, 1.54) is 23.8 Å². The fourth-order valence-corrected chi connectivity index (χ4v) is 1.84. The van der Waals surface area contributed by atoms with Crippen LogP contribution in [-0.4, -0.2) is 0 Å². The summed E-state index contributed by atoms with van der Waals surface area (Å²) in [6.45, 7) is 2.35. The van der Waals surface area contributed by atoms with Crippen molar-refractivity contribution in [1.29, 1.82) is 0 Å². The Labute approximate surface area is 111 Å². The minimum absolute atomic E-state index is 0.268. The number of hydrogen-bond donors (Lipinski definition) is 0. The molecule has 0 aliphatic carbocycles. The van der Waals surface area contributed by atoms with Crippen molar-refractivity contribution in [2.75, 3.05) is 0 Å². The van der Waals surface area contributed by atoms with Gasteiger partial charge in [0.2, 0.25) is 0 Å². The molecule has 0 aromatic heterocycles. The molecule has 0 unspecified atom stereocenters. The first kappa shape index (κ1) is 12.9. The van der Waals surface area contributed by atoms with E-state index in [1.54, 1.807) is 0 Å². The van der Waals surface area contributed by atoms with Crippen LogP contribution in [0.2, 0.25) is 5.02 Å². The maximum absolute atomic E-state index is 13.1. The Morgan fingerprint density at radius 2 is 2.00 bits per heavy atom. The summed E-state index contributed by atoms with van der Waals surface area (Å²) in [7, 11) is 0. The zero-order valence-electron chi connectivity index (χ0n) is 10.1. The van der Waals surface area contributed by atoms with E-state index in [1.807, 2.05) is 24.3 Å². The average molecular weight is 265 g/mol. The van der Waals surface area contributed by atoms with Gasteiger partial charge in [0.05, 0.1) is 0 Å². The lowest BCUT2D eigenvalue weighted by Gasteiger charge is -2.09. The zero-order chi connectivity index (χ0) is 13.0. The van der Waals surface area contributed by atoms with E-state index in [2.05, 4.69) is 6.92 Å². The summed E-state index contributed by atoms with van der Waals surface area (Å²) in [6.07, 6.45) is 0.956. The van der Waals surface area contributed by atoms with Gasteiger partial charge < -0.3 is 4.74 Å². The second-order valence-corrected chi connectivity index (χ2v) is 4.43. The van der Waals surface area contributed by atoms with Crippen molar-refractivity contribution >= 4 is 11.6 Å². The second-order valence-electron chi connectivity index (χ2n) is 4.03. The highest BCUT2D eigenvalue weighted by Gasteiger charge is 2.03. The van der Waals surface area contributed by atoms with E-state index in [9.17, 15) is 4.39 Å². The van der Waals surface area contributed by atoms with E-state index >= 15 is 0 Å². The molecule has 0 saturated carbocycles. The second kappa shape index (κ2) is 5.87. The minimum Gasteiger partial charge on any atom is -0.489 e. The minimum atomic E-state index is -0.305. The summed E-state index contributed by atoms with van der Waals surface area (Å²) in [4.78, 5) is 0. The fourth-order valence-electron chi connectivity index (χ4n) is 1.67. The van der Waals surface area contributed by atoms with Crippen LogP contribution < -0.4 is 4.74 Å². The molecular weight excluding hydrogens is 251 g/mol. The van der Waals surface area contributed by atoms with Gasteiger partial charge in [-0.2, -0.15) is 0 Å². The van der Waals surface area contributed by atoms with Crippen molar-refractivity contribution in [3.63, 3.8) is 0 Å². The first-order valence-electron chi connectivity index (χ1n) is 5.84. The van der Waals surface area contributed by atoms with Crippen molar-refractivity contribution in [3.05, 3.63) is 64.4 Å². The van der Waals surface area contributed by atoms with Crippen molar-refractivity contribution in [1.82, 2.24) is 0 Å². The first-order chi connectivity index (χ1) is 8.69. The molecule has 1 nitrogen and oxygen atoms in total. The van der Waals surface area contributed by atoms with Gasteiger partial charge in [0, 0.05) is 10.6 Å². The Bertz CT molecular complexity index is 540. The number of halogens is 2. The first-order valence-corrected chi connectivity index (χ1v) is 6.22. The van der Waals surface area contributed by atoms with Gasteiger partial charge in [-0.25, -0.2) is 4.39 Å². The highest BCUT2D eigenvalue weighted by Crippen LogP contribution is 2.20. The molecule has 0 saturated heterocycles. The van der Waals surface area contributed by atoms with Gasteiger partial charge >= 0.3 is 0 Å². The van der Waals surface area contributed by atoms with E-state index < -0.39 is 0 Å². The van der Waals surface area contributed by atoms with Gasteiger partial charge in [0.25, 0.3) is 0 Å². The van der Waals surface area contributed by atoms with Crippen LogP contribution in [0.4, 0.5) is 4.39 Å². The Kier molecular flexibility index (Phi) is 4.21. The summed E-state index contributed by atoms with van der Waals surface area (Å²) in [5, 5.41) is 0.517.